The zero-order valence-corrected chi connectivity index (χ0v) is 10.7. The summed E-state index contributed by atoms with van der Waals surface area (Å²) in [6, 6.07) is 6.20. The van der Waals surface area contributed by atoms with Gasteiger partial charge in [-0.05, 0) is 31.9 Å². The highest BCUT2D eigenvalue weighted by Crippen LogP contribution is 2.22. The second-order valence-corrected chi connectivity index (χ2v) is 3.58. The highest BCUT2D eigenvalue weighted by atomic mass is 127. The molecule has 0 aromatic heterocycles. The van der Waals surface area contributed by atoms with Gasteiger partial charge in [0.2, 0.25) is 0 Å². The van der Waals surface area contributed by atoms with Gasteiger partial charge in [0.25, 0.3) is 0 Å². The van der Waals surface area contributed by atoms with Crippen LogP contribution in [0.25, 0.3) is 0 Å². The Balaban J connectivity index is 2.67. The summed E-state index contributed by atoms with van der Waals surface area (Å²) in [4.78, 5) is 0. The maximum absolute atomic E-state index is 5.32. The summed E-state index contributed by atoms with van der Waals surface area (Å²) in [6.07, 6.45) is 0.911. The van der Waals surface area contributed by atoms with Gasteiger partial charge in [0.1, 0.15) is 5.75 Å². The minimum absolute atomic E-state index is 0.757. The van der Waals surface area contributed by atoms with Crippen molar-refractivity contribution in [3.05, 3.63) is 29.3 Å². The summed E-state index contributed by atoms with van der Waals surface area (Å²) in [5, 5.41) is 0. The number of hydrogen-bond acceptors (Lipinski definition) is 2. The molecule has 14 heavy (non-hydrogen) atoms. The molecule has 0 atom stereocenters. The first-order valence-electron chi connectivity index (χ1n) is 4.73. The highest BCUT2D eigenvalue weighted by Gasteiger charge is 2.03. The molecule has 1 aromatic carbocycles. The summed E-state index contributed by atoms with van der Waals surface area (Å²) < 4.78 is 10.6. The van der Waals surface area contributed by atoms with Gasteiger partial charge in [-0.1, -0.05) is 17.7 Å². The van der Waals surface area contributed by atoms with Crippen molar-refractivity contribution in [1.29, 1.82) is 0 Å². The molecule has 78 valence electrons. The van der Waals surface area contributed by atoms with E-state index in [1.54, 1.807) is 0 Å². The van der Waals surface area contributed by atoms with E-state index in [9.17, 15) is 0 Å². The van der Waals surface area contributed by atoms with Gasteiger partial charge in [0.15, 0.2) is 23.0 Å². The van der Waals surface area contributed by atoms with Gasteiger partial charge in [-0.15, -0.1) is 0 Å². The van der Waals surface area contributed by atoms with Crippen LogP contribution in [0.1, 0.15) is 18.1 Å². The molecule has 0 bridgehead atoms. The lowest BCUT2D eigenvalue weighted by Gasteiger charge is -2.07. The Hall–Kier alpha value is -0.290. The SMILES string of the molecule is CCOCCc1cc(C)ccc1OI. The Bertz CT molecular complexity index is 287. The second kappa shape index (κ2) is 6.24. The molecule has 0 spiro atoms. The van der Waals surface area contributed by atoms with Gasteiger partial charge in [-0.25, -0.2) is 0 Å². The molecule has 0 saturated heterocycles. The van der Waals surface area contributed by atoms with Gasteiger partial charge in [0.05, 0.1) is 6.61 Å². The van der Waals surface area contributed by atoms with E-state index in [0.29, 0.717) is 0 Å². The molecule has 0 unspecified atom stereocenters. The molecule has 0 fully saturated rings. The fourth-order valence-corrected chi connectivity index (χ4v) is 1.73. The van der Waals surface area contributed by atoms with E-state index in [2.05, 4.69) is 19.1 Å². The van der Waals surface area contributed by atoms with Gasteiger partial charge >= 0.3 is 0 Å². The Morgan fingerprint density at radius 3 is 2.79 bits per heavy atom. The number of rotatable bonds is 5. The van der Waals surface area contributed by atoms with Gasteiger partial charge in [-0.2, -0.15) is 0 Å². The van der Waals surface area contributed by atoms with Crippen LogP contribution in [0.2, 0.25) is 0 Å². The predicted molar refractivity (Wildman–Crippen MR) is 66.0 cm³/mol. The topological polar surface area (TPSA) is 18.5 Å². The second-order valence-electron chi connectivity index (χ2n) is 3.14. The van der Waals surface area contributed by atoms with Crippen LogP contribution in [0.4, 0.5) is 0 Å². The van der Waals surface area contributed by atoms with E-state index >= 15 is 0 Å². The van der Waals surface area contributed by atoms with Crippen LogP contribution in [0.5, 0.6) is 5.75 Å². The van der Waals surface area contributed by atoms with E-state index < -0.39 is 0 Å². The summed E-state index contributed by atoms with van der Waals surface area (Å²) in [7, 11) is 0. The van der Waals surface area contributed by atoms with Gasteiger partial charge < -0.3 is 7.80 Å². The normalized spacial score (nSPS) is 10.2. The first kappa shape index (κ1) is 11.8. The minimum Gasteiger partial charge on any atom is -0.427 e. The fraction of sp³-hybridized carbons (Fsp3) is 0.455. The third-order valence-corrected chi connectivity index (χ3v) is 2.49. The van der Waals surface area contributed by atoms with E-state index in [4.69, 9.17) is 7.80 Å². The van der Waals surface area contributed by atoms with Crippen LogP contribution in [0, 0.1) is 6.92 Å². The molecule has 0 saturated carbocycles. The van der Waals surface area contributed by atoms with Crippen molar-refractivity contribution in [3.8, 4) is 5.75 Å². The van der Waals surface area contributed by atoms with Crippen molar-refractivity contribution < 1.29 is 7.80 Å². The summed E-state index contributed by atoms with van der Waals surface area (Å²) in [5.74, 6) is 0.941. The number of aryl methyl sites for hydroxylation is 1. The third kappa shape index (κ3) is 3.46. The van der Waals surface area contributed by atoms with Crippen molar-refractivity contribution in [1.82, 2.24) is 0 Å². The maximum Gasteiger partial charge on any atom is 0.192 e. The number of benzene rings is 1. The van der Waals surface area contributed by atoms with E-state index in [-0.39, 0.29) is 0 Å². The van der Waals surface area contributed by atoms with Crippen LogP contribution in [-0.2, 0) is 11.2 Å². The monoisotopic (exact) mass is 306 g/mol. The largest absolute Gasteiger partial charge is 0.427 e. The Morgan fingerprint density at radius 1 is 1.36 bits per heavy atom. The van der Waals surface area contributed by atoms with Crippen molar-refractivity contribution in [2.75, 3.05) is 13.2 Å². The zero-order chi connectivity index (χ0) is 10.4. The Morgan fingerprint density at radius 2 is 2.14 bits per heavy atom. The molecular formula is C11H15IO2. The summed E-state index contributed by atoms with van der Waals surface area (Å²) >= 11 is 1.91. The first-order valence-corrected chi connectivity index (χ1v) is 5.62. The van der Waals surface area contributed by atoms with E-state index in [1.807, 2.05) is 36.0 Å². The van der Waals surface area contributed by atoms with Gasteiger partial charge in [0, 0.05) is 6.61 Å². The molecule has 3 heteroatoms. The lowest BCUT2D eigenvalue weighted by molar-refractivity contribution is 0.150. The van der Waals surface area contributed by atoms with Crippen molar-refractivity contribution in [2.24, 2.45) is 0 Å². The lowest BCUT2D eigenvalue weighted by atomic mass is 10.1. The molecule has 1 aromatic rings. The molecular weight excluding hydrogens is 291 g/mol. The zero-order valence-electron chi connectivity index (χ0n) is 8.55. The van der Waals surface area contributed by atoms with Crippen LogP contribution >= 0.6 is 23.0 Å². The number of hydrogen-bond donors (Lipinski definition) is 0. The van der Waals surface area contributed by atoms with E-state index in [0.717, 1.165) is 25.4 Å². The third-order valence-electron chi connectivity index (χ3n) is 2.02. The first-order chi connectivity index (χ1) is 6.77. The van der Waals surface area contributed by atoms with Crippen LogP contribution in [0.3, 0.4) is 0 Å². The van der Waals surface area contributed by atoms with E-state index in [1.165, 1.54) is 11.1 Å². The quantitative estimate of drug-likeness (QED) is 0.614. The molecule has 0 aliphatic carbocycles. The van der Waals surface area contributed by atoms with Crippen LogP contribution in [0.15, 0.2) is 18.2 Å². The molecule has 0 aliphatic rings. The molecule has 1 rings (SSSR count). The van der Waals surface area contributed by atoms with Crippen molar-refractivity contribution in [3.63, 3.8) is 0 Å². The van der Waals surface area contributed by atoms with Crippen molar-refractivity contribution >= 4 is 23.0 Å². The average molecular weight is 306 g/mol. The summed E-state index contributed by atoms with van der Waals surface area (Å²) in [6.45, 7) is 5.62. The molecule has 0 heterocycles. The number of ether oxygens (including phenoxy) is 1. The van der Waals surface area contributed by atoms with Crippen LogP contribution in [-0.4, -0.2) is 13.2 Å². The smallest absolute Gasteiger partial charge is 0.192 e. The minimum atomic E-state index is 0.757. The molecule has 0 radical (unpaired) electrons. The molecule has 2 nitrogen and oxygen atoms in total. The summed E-state index contributed by atoms with van der Waals surface area (Å²) in [5.41, 5.74) is 2.47. The standard InChI is InChI=1S/C11H15IO2/c1-3-13-7-6-10-8-9(2)4-5-11(10)14-12/h4-5,8H,3,6-7H2,1-2H3. The number of halogens is 1. The Kier molecular flexibility index (Phi) is 5.25. The fourth-order valence-electron chi connectivity index (χ4n) is 1.31. The van der Waals surface area contributed by atoms with Crippen molar-refractivity contribution in [2.45, 2.75) is 20.3 Å². The molecule has 0 aliphatic heterocycles. The molecule has 0 amide bonds. The molecule has 0 N–H and O–H groups in total. The Labute approximate surface area is 99.3 Å². The lowest BCUT2D eigenvalue weighted by Crippen LogP contribution is -1.99. The highest BCUT2D eigenvalue weighted by molar-refractivity contribution is 14.1. The van der Waals surface area contributed by atoms with Crippen LogP contribution < -0.4 is 3.07 Å². The maximum atomic E-state index is 5.32. The predicted octanol–water partition coefficient (Wildman–Crippen LogP) is 3.30. The average Bonchev–Trinajstić information content (AvgIpc) is 2.19. The van der Waals surface area contributed by atoms with Gasteiger partial charge in [-0.3, -0.25) is 0 Å².